The van der Waals surface area contributed by atoms with E-state index in [4.69, 9.17) is 5.73 Å². The third-order valence-corrected chi connectivity index (χ3v) is 4.17. The van der Waals surface area contributed by atoms with Crippen molar-refractivity contribution in [1.82, 2.24) is 19.9 Å². The Morgan fingerprint density at radius 2 is 1.81 bits per heavy atom. The Morgan fingerprint density at radius 3 is 2.52 bits per heavy atom. The zero-order valence-corrected chi connectivity index (χ0v) is 14.4. The Hall–Kier alpha value is -3.94. The number of rotatable bonds is 4. The monoisotopic (exact) mass is 360 g/mol. The number of H-pyrrole nitrogens is 2. The number of aryl methyl sites for hydroxylation is 1. The molecule has 0 saturated carbocycles. The lowest BCUT2D eigenvalue weighted by atomic mass is 10.2. The van der Waals surface area contributed by atoms with Crippen LogP contribution in [0.2, 0.25) is 0 Å². The summed E-state index contributed by atoms with van der Waals surface area (Å²) >= 11 is 0. The minimum atomic E-state index is -0.760. The second-order valence-electron chi connectivity index (χ2n) is 6.04. The fourth-order valence-corrected chi connectivity index (χ4v) is 2.82. The first-order valence-electron chi connectivity index (χ1n) is 8.23. The maximum Gasteiger partial charge on any atom is 0.286 e. The normalized spacial score (nSPS) is 10.9. The number of aromatic nitrogens is 4. The zero-order valence-electron chi connectivity index (χ0n) is 14.4. The Kier molecular flexibility index (Phi) is 3.92. The van der Waals surface area contributed by atoms with Gasteiger partial charge in [-0.15, -0.1) is 0 Å². The van der Waals surface area contributed by atoms with Crippen LogP contribution in [0.4, 0.5) is 11.6 Å². The molecule has 2 aromatic carbocycles. The van der Waals surface area contributed by atoms with Gasteiger partial charge < -0.3 is 15.7 Å². The topological polar surface area (TPSA) is 121 Å². The van der Waals surface area contributed by atoms with Gasteiger partial charge in [0.15, 0.2) is 5.69 Å². The van der Waals surface area contributed by atoms with Crippen LogP contribution in [0.5, 0.6) is 0 Å². The van der Waals surface area contributed by atoms with E-state index in [1.54, 1.807) is 12.1 Å². The molecule has 2 heterocycles. The van der Waals surface area contributed by atoms with Crippen LogP contribution in [0.3, 0.4) is 0 Å². The van der Waals surface area contributed by atoms with Crippen LogP contribution < -0.4 is 10.6 Å². The fraction of sp³-hybridized carbons (Fsp3) is 0.0526. The van der Waals surface area contributed by atoms with Crippen LogP contribution in [0.1, 0.15) is 26.5 Å². The van der Waals surface area contributed by atoms with Gasteiger partial charge in [-0.05, 0) is 31.2 Å². The molecule has 8 heteroatoms. The van der Waals surface area contributed by atoms with Gasteiger partial charge in [0, 0.05) is 0 Å². The molecule has 0 spiro atoms. The van der Waals surface area contributed by atoms with Crippen molar-refractivity contribution in [2.45, 2.75) is 6.92 Å². The van der Waals surface area contributed by atoms with Crippen molar-refractivity contribution in [2.24, 2.45) is 5.73 Å². The average molecular weight is 360 g/mol. The van der Waals surface area contributed by atoms with Gasteiger partial charge in [0.05, 0.1) is 23.0 Å². The SMILES string of the molecule is Cc1ccc(N(C(=O)c2nc[nH]c2C(N)=O)c2nc3ccccc3[nH]2)cc1. The Bertz CT molecular complexity index is 1110. The Morgan fingerprint density at radius 1 is 1.07 bits per heavy atom. The molecule has 0 radical (unpaired) electrons. The molecule has 0 atom stereocenters. The summed E-state index contributed by atoms with van der Waals surface area (Å²) in [4.78, 5) is 40.5. The van der Waals surface area contributed by atoms with Gasteiger partial charge in [0.1, 0.15) is 5.69 Å². The summed E-state index contributed by atoms with van der Waals surface area (Å²) in [6, 6.07) is 14.8. The number of hydrogen-bond donors (Lipinski definition) is 3. The van der Waals surface area contributed by atoms with E-state index in [0.29, 0.717) is 11.6 Å². The molecule has 2 aromatic heterocycles. The summed E-state index contributed by atoms with van der Waals surface area (Å²) in [6.07, 6.45) is 1.26. The van der Waals surface area contributed by atoms with Crippen LogP contribution in [-0.2, 0) is 0 Å². The van der Waals surface area contributed by atoms with Crippen molar-refractivity contribution in [3.8, 4) is 0 Å². The van der Waals surface area contributed by atoms with Gasteiger partial charge in [-0.2, -0.15) is 0 Å². The molecule has 0 aliphatic carbocycles. The molecule has 0 aliphatic heterocycles. The first-order valence-corrected chi connectivity index (χ1v) is 8.23. The number of nitrogens with two attached hydrogens (primary N) is 1. The number of hydrogen-bond acceptors (Lipinski definition) is 4. The molecule has 0 aliphatic rings. The molecule has 0 bridgehead atoms. The number of imidazole rings is 2. The van der Waals surface area contributed by atoms with Crippen molar-refractivity contribution in [3.05, 3.63) is 71.8 Å². The number of carbonyl (C=O) groups is 2. The lowest BCUT2D eigenvalue weighted by molar-refractivity contribution is 0.0961. The number of carbonyl (C=O) groups excluding carboxylic acids is 2. The van der Waals surface area contributed by atoms with Gasteiger partial charge in [0.25, 0.3) is 11.8 Å². The van der Waals surface area contributed by atoms with Crippen LogP contribution in [0, 0.1) is 6.92 Å². The predicted octanol–water partition coefficient (Wildman–Crippen LogP) is 2.67. The number of para-hydroxylation sites is 2. The van der Waals surface area contributed by atoms with E-state index in [1.807, 2.05) is 43.3 Å². The van der Waals surface area contributed by atoms with Crippen LogP contribution in [0.25, 0.3) is 11.0 Å². The molecular weight excluding hydrogens is 344 g/mol. The maximum absolute atomic E-state index is 13.3. The van der Waals surface area contributed by atoms with E-state index in [2.05, 4.69) is 19.9 Å². The molecule has 4 rings (SSSR count). The molecular formula is C19H16N6O2. The number of nitrogens with zero attached hydrogens (tertiary/aromatic N) is 3. The Labute approximate surface area is 154 Å². The number of primary amides is 1. The highest BCUT2D eigenvalue weighted by atomic mass is 16.2. The third-order valence-electron chi connectivity index (χ3n) is 4.17. The van der Waals surface area contributed by atoms with Crippen molar-refractivity contribution < 1.29 is 9.59 Å². The number of aromatic amines is 2. The number of anilines is 2. The van der Waals surface area contributed by atoms with E-state index in [9.17, 15) is 9.59 Å². The van der Waals surface area contributed by atoms with E-state index >= 15 is 0 Å². The molecule has 8 nitrogen and oxygen atoms in total. The molecule has 134 valence electrons. The smallest absolute Gasteiger partial charge is 0.286 e. The Balaban J connectivity index is 1.87. The summed E-state index contributed by atoms with van der Waals surface area (Å²) in [5, 5.41) is 0. The molecule has 4 N–H and O–H groups in total. The summed E-state index contributed by atoms with van der Waals surface area (Å²) < 4.78 is 0. The van der Waals surface area contributed by atoms with E-state index in [-0.39, 0.29) is 11.4 Å². The highest BCUT2D eigenvalue weighted by molar-refractivity contribution is 6.14. The van der Waals surface area contributed by atoms with Gasteiger partial charge in [0.2, 0.25) is 5.95 Å². The minimum absolute atomic E-state index is 0.0479. The van der Waals surface area contributed by atoms with Crippen LogP contribution >= 0.6 is 0 Å². The van der Waals surface area contributed by atoms with Crippen molar-refractivity contribution >= 4 is 34.5 Å². The van der Waals surface area contributed by atoms with Crippen molar-refractivity contribution in [1.29, 1.82) is 0 Å². The van der Waals surface area contributed by atoms with Gasteiger partial charge in [-0.25, -0.2) is 14.9 Å². The van der Waals surface area contributed by atoms with Crippen LogP contribution in [0.15, 0.2) is 54.9 Å². The number of benzene rings is 2. The molecule has 0 unspecified atom stereocenters. The molecule has 0 saturated heterocycles. The maximum atomic E-state index is 13.3. The van der Waals surface area contributed by atoms with Gasteiger partial charge >= 0.3 is 0 Å². The van der Waals surface area contributed by atoms with Crippen molar-refractivity contribution in [3.63, 3.8) is 0 Å². The predicted molar refractivity (Wildman–Crippen MR) is 101 cm³/mol. The quantitative estimate of drug-likeness (QED) is 0.518. The second kappa shape index (κ2) is 6.41. The summed E-state index contributed by atoms with van der Waals surface area (Å²) in [5.74, 6) is -0.958. The van der Waals surface area contributed by atoms with E-state index in [0.717, 1.165) is 16.6 Å². The van der Waals surface area contributed by atoms with Gasteiger partial charge in [-0.3, -0.25) is 9.59 Å². The molecule has 4 aromatic rings. The van der Waals surface area contributed by atoms with Crippen molar-refractivity contribution in [2.75, 3.05) is 4.90 Å². The number of nitrogens with one attached hydrogen (secondary N) is 2. The fourth-order valence-electron chi connectivity index (χ4n) is 2.82. The third kappa shape index (κ3) is 2.93. The first-order chi connectivity index (χ1) is 13.0. The molecule has 0 fully saturated rings. The lowest BCUT2D eigenvalue weighted by Crippen LogP contribution is -2.29. The standard InChI is InChI=1S/C19H16N6O2/c1-11-6-8-12(9-7-11)25(18(27)16-15(17(20)26)21-10-22-16)19-23-13-4-2-3-5-14(13)24-19/h2-10H,1H3,(H2,20,26)(H,21,22)(H,23,24). The molecule has 27 heavy (non-hydrogen) atoms. The van der Waals surface area contributed by atoms with Gasteiger partial charge in [-0.1, -0.05) is 29.8 Å². The largest absolute Gasteiger partial charge is 0.364 e. The highest BCUT2D eigenvalue weighted by Gasteiger charge is 2.28. The number of fused-ring (bicyclic) bond motifs is 1. The van der Waals surface area contributed by atoms with E-state index in [1.165, 1.54) is 11.2 Å². The lowest BCUT2D eigenvalue weighted by Gasteiger charge is -2.19. The zero-order chi connectivity index (χ0) is 19.0. The summed E-state index contributed by atoms with van der Waals surface area (Å²) in [7, 11) is 0. The minimum Gasteiger partial charge on any atom is -0.364 e. The first kappa shape index (κ1) is 16.5. The summed E-state index contributed by atoms with van der Waals surface area (Å²) in [5.41, 5.74) is 8.38. The van der Waals surface area contributed by atoms with Crippen LogP contribution in [-0.4, -0.2) is 31.8 Å². The highest BCUT2D eigenvalue weighted by Crippen LogP contribution is 2.27. The summed E-state index contributed by atoms with van der Waals surface area (Å²) in [6.45, 7) is 1.95. The average Bonchev–Trinajstić information content (AvgIpc) is 3.30. The number of amides is 2. The second-order valence-corrected chi connectivity index (χ2v) is 6.04. The molecule has 2 amide bonds. The van der Waals surface area contributed by atoms with E-state index < -0.39 is 11.8 Å².